The molecule has 1 saturated heterocycles. The van der Waals surface area contributed by atoms with E-state index in [0.717, 1.165) is 15.6 Å². The highest BCUT2D eigenvalue weighted by Gasteiger charge is 2.39. The number of piperidine rings is 1. The Hall–Kier alpha value is -3.13. The highest BCUT2D eigenvalue weighted by atomic mass is 32.2. The number of anilines is 1. The van der Waals surface area contributed by atoms with Crippen LogP contribution in [-0.2, 0) is 29.7 Å². The molecule has 0 radical (unpaired) electrons. The molecule has 3 aromatic rings. The molecule has 0 spiro atoms. The molecule has 1 aliphatic heterocycles. The summed E-state index contributed by atoms with van der Waals surface area (Å²) in [6.45, 7) is 2.49. The summed E-state index contributed by atoms with van der Waals surface area (Å²) in [5, 5.41) is 22.1. The second-order valence-electron chi connectivity index (χ2n) is 9.80. The summed E-state index contributed by atoms with van der Waals surface area (Å²) < 4.78 is 84.5. The lowest BCUT2D eigenvalue weighted by Crippen LogP contribution is -2.50. The van der Waals surface area contributed by atoms with Gasteiger partial charge < -0.3 is 15.0 Å². The van der Waals surface area contributed by atoms with Crippen LogP contribution >= 0.6 is 11.3 Å². The van der Waals surface area contributed by atoms with Crippen LogP contribution in [0.4, 0.5) is 23.5 Å². The molecule has 0 bridgehead atoms. The summed E-state index contributed by atoms with van der Waals surface area (Å²) in [5.74, 6) is -0.275. The average molecular weight is 588 g/mol. The number of nitriles is 1. The van der Waals surface area contributed by atoms with Gasteiger partial charge in [0.1, 0.15) is 17.8 Å². The summed E-state index contributed by atoms with van der Waals surface area (Å²) in [6.07, 6.45) is -3.28. The van der Waals surface area contributed by atoms with E-state index in [1.165, 1.54) is 37.0 Å². The Morgan fingerprint density at radius 1 is 1.31 bits per heavy atom. The smallest absolute Gasteiger partial charge is 0.390 e. The Balaban J connectivity index is 1.59. The molecular weight excluding hydrogens is 562 g/mol. The van der Waals surface area contributed by atoms with Crippen molar-refractivity contribution in [3.05, 3.63) is 40.8 Å². The Bertz CT molecular complexity index is 1510. The van der Waals surface area contributed by atoms with E-state index in [9.17, 15) is 32.0 Å². The minimum atomic E-state index is -4.81. The van der Waals surface area contributed by atoms with Crippen LogP contribution in [0.1, 0.15) is 36.3 Å². The molecule has 0 aromatic carbocycles. The van der Waals surface area contributed by atoms with Crippen LogP contribution in [0.15, 0.2) is 29.8 Å². The van der Waals surface area contributed by atoms with Crippen LogP contribution < -0.4 is 5.32 Å². The standard InChI is InChI=1S/C23H25F4N7O3S2/c1-22(2,35)7-18-13(8-28)6-17(38-18)20-14(23(25,26)27)9-29-21(32-20)31-16-4-5-34(10-15(16)24)39(36,37)19-11-33(3)12-30-19/h6,9,11-12,15-16,35H,4-5,7,10H2,1-3H3,(H,29,31,32)/t15-,16-/m1/s1. The van der Waals surface area contributed by atoms with E-state index in [1.54, 1.807) is 7.05 Å². The molecule has 10 nitrogen and oxygen atoms in total. The third kappa shape index (κ3) is 6.38. The van der Waals surface area contributed by atoms with Crippen molar-refractivity contribution in [2.75, 3.05) is 18.4 Å². The van der Waals surface area contributed by atoms with Gasteiger partial charge >= 0.3 is 6.18 Å². The summed E-state index contributed by atoms with van der Waals surface area (Å²) in [6, 6.07) is 2.24. The number of aryl methyl sites for hydroxylation is 1. The second-order valence-corrected chi connectivity index (χ2v) is 12.8. The molecule has 4 rings (SSSR count). The minimum absolute atomic E-state index is 0.000257. The Labute approximate surface area is 226 Å². The topological polar surface area (TPSA) is 137 Å². The van der Waals surface area contributed by atoms with Gasteiger partial charge in [0.05, 0.1) is 34.1 Å². The minimum Gasteiger partial charge on any atom is -0.390 e. The fraction of sp³-hybridized carbons (Fsp3) is 0.478. The number of nitrogens with zero attached hydrogens (tertiary/aromatic N) is 6. The zero-order valence-electron chi connectivity index (χ0n) is 21.1. The molecule has 0 saturated carbocycles. The first-order valence-corrected chi connectivity index (χ1v) is 13.9. The molecule has 210 valence electrons. The monoisotopic (exact) mass is 587 g/mol. The maximum absolute atomic E-state index is 15.1. The van der Waals surface area contributed by atoms with E-state index in [4.69, 9.17) is 0 Å². The van der Waals surface area contributed by atoms with Gasteiger partial charge in [-0.25, -0.2) is 27.8 Å². The molecule has 0 unspecified atom stereocenters. The van der Waals surface area contributed by atoms with Gasteiger partial charge in [0.25, 0.3) is 10.0 Å². The van der Waals surface area contributed by atoms with Gasteiger partial charge in [-0.3, -0.25) is 0 Å². The molecule has 16 heteroatoms. The number of aliphatic hydroxyl groups is 1. The molecular formula is C23H25F4N7O3S2. The predicted molar refractivity (Wildman–Crippen MR) is 134 cm³/mol. The fourth-order valence-corrected chi connectivity index (χ4v) is 6.85. The van der Waals surface area contributed by atoms with Crippen LogP contribution in [-0.4, -0.2) is 68.3 Å². The molecule has 39 heavy (non-hydrogen) atoms. The molecule has 2 atom stereocenters. The number of hydrogen-bond donors (Lipinski definition) is 2. The highest BCUT2D eigenvalue weighted by molar-refractivity contribution is 7.89. The number of alkyl halides is 4. The van der Waals surface area contributed by atoms with Crippen molar-refractivity contribution in [1.29, 1.82) is 5.26 Å². The summed E-state index contributed by atoms with van der Waals surface area (Å²) in [4.78, 5) is 12.0. The van der Waals surface area contributed by atoms with E-state index < -0.39 is 51.8 Å². The molecule has 3 aromatic heterocycles. The van der Waals surface area contributed by atoms with Gasteiger partial charge in [-0.15, -0.1) is 11.3 Å². The number of aromatic nitrogens is 4. The van der Waals surface area contributed by atoms with Gasteiger partial charge in [0.15, 0.2) is 5.03 Å². The molecule has 1 aliphatic rings. The number of sulfonamides is 1. The number of imidazole rings is 1. The van der Waals surface area contributed by atoms with Crippen LogP contribution in [0.2, 0.25) is 0 Å². The largest absolute Gasteiger partial charge is 0.420 e. The van der Waals surface area contributed by atoms with E-state index in [2.05, 4.69) is 20.3 Å². The van der Waals surface area contributed by atoms with Crippen molar-refractivity contribution < 1.29 is 31.1 Å². The van der Waals surface area contributed by atoms with E-state index in [0.29, 0.717) is 11.1 Å². The van der Waals surface area contributed by atoms with Gasteiger partial charge in [-0.05, 0) is 26.3 Å². The average Bonchev–Trinajstić information content (AvgIpc) is 3.44. The second kappa shape index (κ2) is 10.5. The summed E-state index contributed by atoms with van der Waals surface area (Å²) in [5.41, 5.74) is -2.71. The van der Waals surface area contributed by atoms with Crippen molar-refractivity contribution in [3.63, 3.8) is 0 Å². The highest BCUT2D eigenvalue weighted by Crippen LogP contribution is 2.40. The van der Waals surface area contributed by atoms with E-state index >= 15 is 4.39 Å². The van der Waals surface area contributed by atoms with Crippen molar-refractivity contribution in [2.45, 2.75) is 55.7 Å². The van der Waals surface area contributed by atoms with Crippen molar-refractivity contribution >= 4 is 27.3 Å². The molecule has 1 fully saturated rings. The van der Waals surface area contributed by atoms with Crippen LogP contribution in [0.5, 0.6) is 0 Å². The maximum atomic E-state index is 15.1. The first-order valence-electron chi connectivity index (χ1n) is 11.7. The Morgan fingerprint density at radius 3 is 2.59 bits per heavy atom. The van der Waals surface area contributed by atoms with Crippen molar-refractivity contribution in [2.24, 2.45) is 7.05 Å². The first kappa shape index (κ1) is 28.9. The lowest BCUT2D eigenvalue weighted by atomic mass is 10.0. The van der Waals surface area contributed by atoms with Gasteiger partial charge in [0.2, 0.25) is 5.95 Å². The molecule has 0 amide bonds. The van der Waals surface area contributed by atoms with Gasteiger partial charge in [-0.1, -0.05) is 0 Å². The molecule has 2 N–H and O–H groups in total. The SMILES string of the molecule is Cn1cnc(S(=O)(=O)N2CC[C@@H](Nc3ncc(C(F)(F)F)c(-c4cc(C#N)c(CC(C)(C)O)s4)n3)[C@H](F)C2)c1. The first-order chi connectivity index (χ1) is 18.1. The van der Waals surface area contributed by atoms with E-state index in [1.807, 2.05) is 6.07 Å². The van der Waals surface area contributed by atoms with Gasteiger partial charge in [-0.2, -0.15) is 22.7 Å². The Kier molecular flexibility index (Phi) is 7.74. The lowest BCUT2D eigenvalue weighted by molar-refractivity contribution is -0.137. The number of hydrogen-bond acceptors (Lipinski definition) is 9. The molecule has 4 heterocycles. The fourth-order valence-electron chi connectivity index (χ4n) is 4.09. The van der Waals surface area contributed by atoms with Crippen LogP contribution in [0, 0.1) is 11.3 Å². The number of rotatable bonds is 7. The maximum Gasteiger partial charge on any atom is 0.420 e. The quantitative estimate of drug-likeness (QED) is 0.402. The predicted octanol–water partition coefficient (Wildman–Crippen LogP) is 3.36. The lowest BCUT2D eigenvalue weighted by Gasteiger charge is -2.33. The normalized spacial score (nSPS) is 19.2. The Morgan fingerprint density at radius 2 is 2.03 bits per heavy atom. The van der Waals surface area contributed by atoms with Crippen LogP contribution in [0.3, 0.4) is 0 Å². The summed E-state index contributed by atoms with van der Waals surface area (Å²) >= 11 is 0.897. The van der Waals surface area contributed by atoms with Crippen molar-refractivity contribution in [1.82, 2.24) is 23.8 Å². The third-order valence-corrected chi connectivity index (χ3v) is 8.85. The molecule has 0 aliphatic carbocycles. The van der Waals surface area contributed by atoms with Gasteiger partial charge in [0, 0.05) is 43.8 Å². The summed E-state index contributed by atoms with van der Waals surface area (Å²) in [7, 11) is -2.42. The third-order valence-electron chi connectivity index (χ3n) is 5.95. The van der Waals surface area contributed by atoms with Crippen molar-refractivity contribution in [3.8, 4) is 16.6 Å². The number of halogens is 4. The number of nitrogens with one attached hydrogen (secondary N) is 1. The number of thiophene rings is 1. The van der Waals surface area contributed by atoms with E-state index in [-0.39, 0.29) is 40.8 Å². The van der Waals surface area contributed by atoms with Crippen LogP contribution in [0.25, 0.3) is 10.6 Å². The zero-order chi connectivity index (χ0) is 28.8. The zero-order valence-corrected chi connectivity index (χ0v) is 22.7.